The van der Waals surface area contributed by atoms with Gasteiger partial charge in [0.15, 0.2) is 0 Å². The monoisotopic (exact) mass is 207 g/mol. The summed E-state index contributed by atoms with van der Waals surface area (Å²) in [7, 11) is -0.176. The highest BCUT2D eigenvalue weighted by atomic mass is 32.2. The quantitative estimate of drug-likeness (QED) is 0.514. The number of carbonyl (C=O) groups is 2. The van der Waals surface area contributed by atoms with Crippen LogP contribution in [-0.4, -0.2) is 29.3 Å². The molecule has 0 bridgehead atoms. The predicted octanol–water partition coefficient (Wildman–Crippen LogP) is 1.31. The van der Waals surface area contributed by atoms with Crippen LogP contribution in [0.2, 0.25) is 0 Å². The minimum atomic E-state index is -0.424. The van der Waals surface area contributed by atoms with Gasteiger partial charge in [-0.3, -0.25) is 9.59 Å². The van der Waals surface area contributed by atoms with E-state index in [4.69, 9.17) is 0 Å². The number of carbonyl (C=O) groups excluding carboxylic acids is 2. The number of fused-ring (bicyclic) bond motifs is 1. The number of rotatable bonds is 1. The Labute approximate surface area is 85.7 Å². The Balaban J connectivity index is 2.54. The minimum Gasteiger partial charge on any atom is -0.288 e. The van der Waals surface area contributed by atoms with E-state index in [1.807, 2.05) is 12.5 Å². The smallest absolute Gasteiger partial charge is 0.242 e. The topological polar surface area (TPSA) is 34.1 Å². The maximum atomic E-state index is 11.8. The molecule has 0 fully saturated rings. The minimum absolute atomic E-state index is 0.000988. The molecule has 1 aromatic rings. The predicted molar refractivity (Wildman–Crippen MR) is 58.1 cm³/mol. The number of benzene rings is 1. The third kappa shape index (κ3) is 1.20. The van der Waals surface area contributed by atoms with Gasteiger partial charge in [0, 0.05) is 22.0 Å². The first kappa shape index (κ1) is 9.46. The summed E-state index contributed by atoms with van der Waals surface area (Å²) in [6.07, 6.45) is 3.87. The van der Waals surface area contributed by atoms with Crippen LogP contribution in [0.1, 0.15) is 20.7 Å². The third-order valence-electron chi connectivity index (χ3n) is 2.41. The molecule has 0 aliphatic heterocycles. The molecule has 0 aromatic heterocycles. The molecule has 0 N–H and O–H groups in total. The van der Waals surface area contributed by atoms with Gasteiger partial charge in [-0.2, -0.15) is 0 Å². The van der Waals surface area contributed by atoms with Gasteiger partial charge in [-0.1, -0.05) is 24.3 Å². The molecule has 72 valence electrons. The van der Waals surface area contributed by atoms with E-state index in [2.05, 4.69) is 0 Å². The van der Waals surface area contributed by atoms with E-state index in [-0.39, 0.29) is 22.5 Å². The lowest BCUT2D eigenvalue weighted by Gasteiger charge is -2.01. The molecule has 0 heterocycles. The molecule has 0 saturated carbocycles. The van der Waals surface area contributed by atoms with Crippen molar-refractivity contribution in [3.63, 3.8) is 0 Å². The Morgan fingerprint density at radius 1 is 1.00 bits per heavy atom. The Morgan fingerprint density at radius 3 is 1.79 bits per heavy atom. The van der Waals surface area contributed by atoms with Gasteiger partial charge in [0.25, 0.3) is 0 Å². The number of Topliss-reactive ketones (excluding diaryl/α,β-unsaturated/α-hetero) is 2. The molecule has 0 unspecified atom stereocenters. The number of ketones is 2. The van der Waals surface area contributed by atoms with Crippen molar-refractivity contribution in [1.82, 2.24) is 0 Å². The molecule has 1 aliphatic rings. The summed E-state index contributed by atoms with van der Waals surface area (Å²) in [6.45, 7) is 0. The first-order valence-electron chi connectivity index (χ1n) is 4.37. The van der Waals surface area contributed by atoms with Crippen LogP contribution in [0.5, 0.6) is 0 Å². The van der Waals surface area contributed by atoms with E-state index in [0.717, 1.165) is 0 Å². The molecule has 0 amide bonds. The van der Waals surface area contributed by atoms with Crippen LogP contribution >= 0.6 is 0 Å². The fourth-order valence-electron chi connectivity index (χ4n) is 1.74. The standard InChI is InChI=1S/C11H11O2S/c1-14(2)11-9(12)7-5-3-4-6-8(7)10(11)13/h3-6,11H,1-2H3/q+1. The molecular formula is C11H11O2S+. The zero-order valence-corrected chi connectivity index (χ0v) is 8.93. The highest BCUT2D eigenvalue weighted by Gasteiger charge is 2.46. The highest BCUT2D eigenvalue weighted by molar-refractivity contribution is 7.97. The van der Waals surface area contributed by atoms with Gasteiger partial charge in [0.2, 0.25) is 16.8 Å². The average molecular weight is 207 g/mol. The van der Waals surface area contributed by atoms with Crippen LogP contribution in [0, 0.1) is 0 Å². The van der Waals surface area contributed by atoms with Crippen molar-refractivity contribution in [2.75, 3.05) is 12.5 Å². The van der Waals surface area contributed by atoms with E-state index in [9.17, 15) is 9.59 Å². The van der Waals surface area contributed by atoms with Gasteiger partial charge in [-0.25, -0.2) is 0 Å². The normalized spacial score (nSPS) is 16.5. The Bertz CT molecular complexity index is 375. The highest BCUT2D eigenvalue weighted by Crippen LogP contribution is 2.25. The summed E-state index contributed by atoms with van der Waals surface area (Å²) < 4.78 is 0. The molecule has 1 aromatic carbocycles. The van der Waals surface area contributed by atoms with Crippen molar-refractivity contribution in [2.45, 2.75) is 5.25 Å². The third-order valence-corrected chi connectivity index (χ3v) is 3.78. The van der Waals surface area contributed by atoms with Gasteiger partial charge in [0.1, 0.15) is 0 Å². The molecule has 14 heavy (non-hydrogen) atoms. The van der Waals surface area contributed by atoms with E-state index >= 15 is 0 Å². The Kier molecular flexibility index (Phi) is 2.19. The fourth-order valence-corrected chi connectivity index (χ4v) is 2.85. The zero-order chi connectivity index (χ0) is 10.3. The summed E-state index contributed by atoms with van der Waals surface area (Å²) in [5.41, 5.74) is 1.20. The first-order chi connectivity index (χ1) is 6.63. The van der Waals surface area contributed by atoms with Crippen molar-refractivity contribution in [2.24, 2.45) is 0 Å². The largest absolute Gasteiger partial charge is 0.288 e. The van der Waals surface area contributed by atoms with Crippen molar-refractivity contribution < 1.29 is 9.59 Å². The average Bonchev–Trinajstić information content (AvgIpc) is 2.41. The molecular weight excluding hydrogens is 196 g/mol. The number of hydrogen-bond acceptors (Lipinski definition) is 2. The van der Waals surface area contributed by atoms with Gasteiger partial charge in [0.05, 0.1) is 12.5 Å². The molecule has 2 nitrogen and oxygen atoms in total. The van der Waals surface area contributed by atoms with E-state index < -0.39 is 5.25 Å². The van der Waals surface area contributed by atoms with Crippen molar-refractivity contribution in [3.05, 3.63) is 35.4 Å². The van der Waals surface area contributed by atoms with Crippen LogP contribution < -0.4 is 0 Å². The van der Waals surface area contributed by atoms with Crippen LogP contribution in [-0.2, 0) is 10.9 Å². The fraction of sp³-hybridized carbons (Fsp3) is 0.273. The maximum absolute atomic E-state index is 11.8. The van der Waals surface area contributed by atoms with Gasteiger partial charge < -0.3 is 0 Å². The first-order valence-corrected chi connectivity index (χ1v) is 6.47. The molecule has 1 aliphatic carbocycles. The van der Waals surface area contributed by atoms with E-state index in [1.165, 1.54) is 0 Å². The van der Waals surface area contributed by atoms with Crippen LogP contribution in [0.4, 0.5) is 0 Å². The van der Waals surface area contributed by atoms with Gasteiger partial charge in [-0.15, -0.1) is 0 Å². The zero-order valence-electron chi connectivity index (χ0n) is 8.11. The summed E-state index contributed by atoms with van der Waals surface area (Å²) in [4.78, 5) is 23.7. The van der Waals surface area contributed by atoms with E-state index in [1.54, 1.807) is 24.3 Å². The lowest BCUT2D eigenvalue weighted by atomic mass is 10.1. The second kappa shape index (κ2) is 3.24. The second-order valence-corrected chi connectivity index (χ2v) is 5.76. The van der Waals surface area contributed by atoms with Crippen molar-refractivity contribution in [1.29, 1.82) is 0 Å². The summed E-state index contributed by atoms with van der Waals surface area (Å²) in [5, 5.41) is -0.424. The summed E-state index contributed by atoms with van der Waals surface area (Å²) in [6, 6.07) is 7.08. The van der Waals surface area contributed by atoms with Crippen molar-refractivity contribution >= 4 is 22.5 Å². The molecule has 3 heteroatoms. The molecule has 0 spiro atoms. The SMILES string of the molecule is C[S+](C)C1C(=O)c2ccccc2C1=O. The van der Waals surface area contributed by atoms with E-state index in [0.29, 0.717) is 11.1 Å². The number of hydrogen-bond donors (Lipinski definition) is 0. The molecule has 0 radical (unpaired) electrons. The maximum Gasteiger partial charge on any atom is 0.242 e. The van der Waals surface area contributed by atoms with Crippen molar-refractivity contribution in [3.8, 4) is 0 Å². The lowest BCUT2D eigenvalue weighted by Crippen LogP contribution is -2.30. The molecule has 0 saturated heterocycles. The molecule has 2 rings (SSSR count). The Hall–Kier alpha value is -1.09. The summed E-state index contributed by atoms with van der Waals surface area (Å²) in [5.74, 6) is -0.00198. The summed E-state index contributed by atoms with van der Waals surface area (Å²) >= 11 is 0. The molecule has 0 atom stereocenters. The Morgan fingerprint density at radius 2 is 1.43 bits per heavy atom. The van der Waals surface area contributed by atoms with Crippen LogP contribution in [0.3, 0.4) is 0 Å². The van der Waals surface area contributed by atoms with Gasteiger partial charge in [-0.05, 0) is 0 Å². The lowest BCUT2D eigenvalue weighted by molar-refractivity contribution is 0.0931. The second-order valence-electron chi connectivity index (χ2n) is 3.53. The van der Waals surface area contributed by atoms with Crippen LogP contribution in [0.15, 0.2) is 24.3 Å². The van der Waals surface area contributed by atoms with Gasteiger partial charge >= 0.3 is 0 Å². The van der Waals surface area contributed by atoms with Crippen LogP contribution in [0.25, 0.3) is 0 Å².